The molecular weight excluding hydrogens is 186 g/mol. The summed E-state index contributed by atoms with van der Waals surface area (Å²) in [5.41, 5.74) is 6.89. The maximum Gasteiger partial charge on any atom is 0.221 e. The van der Waals surface area contributed by atoms with Crippen molar-refractivity contribution in [2.75, 3.05) is 6.54 Å². The first-order chi connectivity index (χ1) is 6.20. The lowest BCUT2D eigenvalue weighted by Crippen LogP contribution is -2.30. The molecule has 0 aliphatic rings. The lowest BCUT2D eigenvalue weighted by atomic mass is 10.2. The molecule has 1 atom stereocenters. The molecule has 0 spiro atoms. The van der Waals surface area contributed by atoms with Crippen molar-refractivity contribution in [3.63, 3.8) is 0 Å². The van der Waals surface area contributed by atoms with Crippen LogP contribution in [-0.2, 0) is 11.3 Å². The van der Waals surface area contributed by atoms with E-state index in [1.54, 1.807) is 16.8 Å². The minimum Gasteiger partial charge on any atom is -0.369 e. The number of rotatable bonds is 5. The van der Waals surface area contributed by atoms with Crippen molar-refractivity contribution in [1.29, 1.82) is 0 Å². The van der Waals surface area contributed by atoms with E-state index < -0.39 is 0 Å². The fraction of sp³-hybridized carbons (Fsp3) is 0.500. The normalized spacial score (nSPS) is 12.7. The molecule has 0 saturated heterocycles. The zero-order valence-electron chi connectivity index (χ0n) is 7.49. The van der Waals surface area contributed by atoms with Crippen LogP contribution in [0.1, 0.15) is 11.8 Å². The second-order valence-corrected chi connectivity index (χ2v) is 3.87. The zero-order valence-corrected chi connectivity index (χ0v) is 8.30. The molecule has 1 unspecified atom stereocenters. The van der Waals surface area contributed by atoms with Gasteiger partial charge in [0.15, 0.2) is 0 Å². The number of primary amides is 1. The second-order valence-electron chi connectivity index (χ2n) is 2.90. The highest BCUT2D eigenvalue weighted by Crippen LogP contribution is 2.04. The van der Waals surface area contributed by atoms with Crippen LogP contribution in [0.15, 0.2) is 11.7 Å². The van der Waals surface area contributed by atoms with Gasteiger partial charge < -0.3 is 11.1 Å². The van der Waals surface area contributed by atoms with E-state index in [2.05, 4.69) is 10.3 Å². The van der Waals surface area contributed by atoms with Gasteiger partial charge in [-0.1, -0.05) is 6.92 Å². The van der Waals surface area contributed by atoms with Crippen molar-refractivity contribution in [2.45, 2.75) is 13.5 Å². The summed E-state index contributed by atoms with van der Waals surface area (Å²) in [6, 6.07) is 0. The fourth-order valence-corrected chi connectivity index (χ4v) is 1.41. The first-order valence-corrected chi connectivity index (χ1v) is 4.95. The highest BCUT2D eigenvalue weighted by Gasteiger charge is 2.07. The van der Waals surface area contributed by atoms with Gasteiger partial charge in [-0.25, -0.2) is 0 Å². The Morgan fingerprint density at radius 3 is 3.15 bits per heavy atom. The summed E-state index contributed by atoms with van der Waals surface area (Å²) in [5, 5.41) is 3.14. The van der Waals surface area contributed by atoms with Crippen LogP contribution in [0.4, 0.5) is 0 Å². The van der Waals surface area contributed by atoms with Crippen LogP contribution < -0.4 is 11.1 Å². The standard InChI is InChI=1S/C8H13N3OS/c1-6(8(9)12)2-10-3-7-4-11-5-13-7/h4-6,10H,2-3H2,1H3,(H2,9,12). The maximum atomic E-state index is 10.7. The lowest BCUT2D eigenvalue weighted by Gasteiger charge is -2.07. The van der Waals surface area contributed by atoms with Gasteiger partial charge in [0.05, 0.1) is 5.51 Å². The second kappa shape index (κ2) is 4.94. The molecule has 0 fully saturated rings. The summed E-state index contributed by atoms with van der Waals surface area (Å²) in [7, 11) is 0. The van der Waals surface area contributed by atoms with E-state index in [1.165, 1.54) is 0 Å². The number of nitrogens with two attached hydrogens (primary N) is 1. The smallest absolute Gasteiger partial charge is 0.221 e. The van der Waals surface area contributed by atoms with E-state index in [-0.39, 0.29) is 11.8 Å². The summed E-state index contributed by atoms with van der Waals surface area (Å²) in [6.45, 7) is 3.18. The van der Waals surface area contributed by atoms with E-state index in [0.29, 0.717) is 6.54 Å². The summed E-state index contributed by atoms with van der Waals surface area (Å²) < 4.78 is 0. The maximum absolute atomic E-state index is 10.7. The van der Waals surface area contributed by atoms with Gasteiger partial charge in [-0.3, -0.25) is 9.78 Å². The van der Waals surface area contributed by atoms with Gasteiger partial charge in [0.1, 0.15) is 0 Å². The number of hydrogen-bond donors (Lipinski definition) is 2. The van der Waals surface area contributed by atoms with Gasteiger partial charge in [-0.2, -0.15) is 0 Å². The molecule has 0 aromatic carbocycles. The van der Waals surface area contributed by atoms with E-state index in [1.807, 2.05) is 13.1 Å². The van der Waals surface area contributed by atoms with Crippen molar-refractivity contribution in [1.82, 2.24) is 10.3 Å². The van der Waals surface area contributed by atoms with Crippen LogP contribution in [0.3, 0.4) is 0 Å². The number of carbonyl (C=O) groups is 1. The highest BCUT2D eigenvalue weighted by atomic mass is 32.1. The minimum absolute atomic E-state index is 0.118. The molecule has 4 nitrogen and oxygen atoms in total. The van der Waals surface area contributed by atoms with Crippen molar-refractivity contribution < 1.29 is 4.79 Å². The molecule has 1 aromatic heterocycles. The Morgan fingerprint density at radius 1 is 1.85 bits per heavy atom. The molecule has 1 aromatic rings. The zero-order chi connectivity index (χ0) is 9.68. The van der Waals surface area contributed by atoms with E-state index >= 15 is 0 Å². The summed E-state index contributed by atoms with van der Waals surface area (Å²) in [5.74, 6) is -0.385. The first kappa shape index (κ1) is 10.1. The summed E-state index contributed by atoms with van der Waals surface area (Å²) in [4.78, 5) is 15.8. The minimum atomic E-state index is -0.267. The van der Waals surface area contributed by atoms with Crippen LogP contribution in [0.2, 0.25) is 0 Å². The number of amides is 1. The molecule has 0 aliphatic carbocycles. The molecule has 1 rings (SSSR count). The van der Waals surface area contributed by atoms with Gasteiger partial charge in [0.2, 0.25) is 5.91 Å². The molecule has 0 aliphatic heterocycles. The van der Waals surface area contributed by atoms with Gasteiger partial charge in [0, 0.05) is 30.1 Å². The average Bonchev–Trinajstić information content (AvgIpc) is 2.56. The highest BCUT2D eigenvalue weighted by molar-refractivity contribution is 7.09. The monoisotopic (exact) mass is 199 g/mol. The van der Waals surface area contributed by atoms with Gasteiger partial charge in [-0.15, -0.1) is 11.3 Å². The largest absolute Gasteiger partial charge is 0.369 e. The van der Waals surface area contributed by atoms with Crippen molar-refractivity contribution in [2.24, 2.45) is 11.7 Å². The molecule has 1 amide bonds. The number of aromatic nitrogens is 1. The molecule has 72 valence electrons. The summed E-state index contributed by atoms with van der Waals surface area (Å²) in [6.07, 6.45) is 1.81. The lowest BCUT2D eigenvalue weighted by molar-refractivity contribution is -0.121. The quantitative estimate of drug-likeness (QED) is 0.719. The molecule has 0 bridgehead atoms. The Balaban J connectivity index is 2.18. The van der Waals surface area contributed by atoms with E-state index in [4.69, 9.17) is 5.73 Å². The Bertz CT molecular complexity index is 260. The summed E-state index contributed by atoms with van der Waals surface area (Å²) >= 11 is 1.59. The van der Waals surface area contributed by atoms with Gasteiger partial charge in [-0.05, 0) is 0 Å². The van der Waals surface area contributed by atoms with Gasteiger partial charge >= 0.3 is 0 Å². The van der Waals surface area contributed by atoms with Crippen molar-refractivity contribution in [3.05, 3.63) is 16.6 Å². The van der Waals surface area contributed by atoms with Crippen molar-refractivity contribution >= 4 is 17.2 Å². The SMILES string of the molecule is CC(CNCc1cncs1)C(N)=O. The fourth-order valence-electron chi connectivity index (χ4n) is 0.842. The predicted octanol–water partition coefficient (Wildman–Crippen LogP) is 0.354. The molecule has 0 saturated carbocycles. The molecule has 13 heavy (non-hydrogen) atoms. The third kappa shape index (κ3) is 3.52. The third-order valence-corrected chi connectivity index (χ3v) is 2.50. The Labute approximate surface area is 81.2 Å². The molecule has 0 radical (unpaired) electrons. The average molecular weight is 199 g/mol. The van der Waals surface area contributed by atoms with Gasteiger partial charge in [0.25, 0.3) is 0 Å². The topological polar surface area (TPSA) is 68.0 Å². The Hall–Kier alpha value is -0.940. The first-order valence-electron chi connectivity index (χ1n) is 4.07. The molecule has 3 N–H and O–H groups in total. The van der Waals surface area contributed by atoms with Crippen LogP contribution in [-0.4, -0.2) is 17.4 Å². The Morgan fingerprint density at radius 2 is 2.62 bits per heavy atom. The molecule has 1 heterocycles. The van der Waals surface area contributed by atoms with Crippen LogP contribution in [0.25, 0.3) is 0 Å². The number of thiazole rings is 1. The number of nitrogens with zero attached hydrogens (tertiary/aromatic N) is 1. The number of carbonyl (C=O) groups excluding carboxylic acids is 1. The van der Waals surface area contributed by atoms with Crippen LogP contribution in [0, 0.1) is 5.92 Å². The van der Waals surface area contributed by atoms with Crippen LogP contribution >= 0.6 is 11.3 Å². The third-order valence-electron chi connectivity index (χ3n) is 1.72. The number of nitrogens with one attached hydrogen (secondary N) is 1. The van der Waals surface area contributed by atoms with E-state index in [9.17, 15) is 4.79 Å². The molecule has 5 heteroatoms. The Kier molecular flexibility index (Phi) is 3.85. The predicted molar refractivity (Wildman–Crippen MR) is 52.2 cm³/mol. The van der Waals surface area contributed by atoms with E-state index in [0.717, 1.165) is 11.4 Å². The number of hydrogen-bond acceptors (Lipinski definition) is 4. The molecular formula is C8H13N3OS. The van der Waals surface area contributed by atoms with Crippen LogP contribution in [0.5, 0.6) is 0 Å². The van der Waals surface area contributed by atoms with Crippen molar-refractivity contribution in [3.8, 4) is 0 Å².